The number of hydrogen-bond acceptors (Lipinski definition) is 4. The molecule has 0 fully saturated rings. The van der Waals surface area contributed by atoms with Crippen molar-refractivity contribution in [3.8, 4) is 11.8 Å². The third-order valence-electron chi connectivity index (χ3n) is 2.58. The van der Waals surface area contributed by atoms with E-state index in [9.17, 15) is 0 Å². The normalized spacial score (nSPS) is 10.5. The van der Waals surface area contributed by atoms with Gasteiger partial charge in [0, 0.05) is 6.04 Å². The molecule has 0 aliphatic rings. The Hall–Kier alpha value is -2.06. The first kappa shape index (κ1) is 13.4. The summed E-state index contributed by atoms with van der Waals surface area (Å²) in [5, 5.41) is 13.6. The van der Waals surface area contributed by atoms with Crippen LogP contribution in [0.1, 0.15) is 31.3 Å². The summed E-state index contributed by atoms with van der Waals surface area (Å²) in [4.78, 5) is 4.14. The molecule has 2 aromatic rings. The first-order valence-electron chi connectivity index (χ1n) is 5.83. The summed E-state index contributed by atoms with van der Waals surface area (Å²) >= 11 is 5.94. The highest BCUT2D eigenvalue weighted by Gasteiger charge is 2.11. The summed E-state index contributed by atoms with van der Waals surface area (Å²) in [7, 11) is 0. The van der Waals surface area contributed by atoms with Crippen LogP contribution in [0.25, 0.3) is 0 Å². The molecule has 19 heavy (non-hydrogen) atoms. The number of hydrogen-bond donors (Lipinski definition) is 0. The highest BCUT2D eigenvalue weighted by atomic mass is 35.5. The third kappa shape index (κ3) is 2.85. The number of benzene rings is 1. The molecular formula is C13H13ClN4O. The van der Waals surface area contributed by atoms with Gasteiger partial charge in [-0.15, -0.1) is 0 Å². The average molecular weight is 277 g/mol. The zero-order chi connectivity index (χ0) is 13.8. The predicted molar refractivity (Wildman–Crippen MR) is 70.9 cm³/mol. The zero-order valence-corrected chi connectivity index (χ0v) is 11.4. The topological polar surface area (TPSA) is 63.7 Å². The fourth-order valence-corrected chi connectivity index (χ4v) is 1.89. The largest absolute Gasteiger partial charge is 0.484 e. The van der Waals surface area contributed by atoms with Crippen molar-refractivity contribution in [3.63, 3.8) is 0 Å². The number of nitriles is 1. The summed E-state index contributed by atoms with van der Waals surface area (Å²) in [6.45, 7) is 4.27. The molecule has 0 aliphatic heterocycles. The molecule has 0 amide bonds. The highest BCUT2D eigenvalue weighted by molar-refractivity contribution is 6.31. The van der Waals surface area contributed by atoms with Crippen molar-refractivity contribution < 1.29 is 4.74 Å². The lowest BCUT2D eigenvalue weighted by molar-refractivity contribution is 0.281. The molecule has 2 rings (SSSR count). The van der Waals surface area contributed by atoms with Crippen LogP contribution < -0.4 is 4.74 Å². The molecular weight excluding hydrogens is 264 g/mol. The molecule has 6 heteroatoms. The van der Waals surface area contributed by atoms with E-state index in [0.29, 0.717) is 22.2 Å². The monoisotopic (exact) mass is 276 g/mol. The van der Waals surface area contributed by atoms with Crippen LogP contribution in [0.3, 0.4) is 0 Å². The molecule has 0 saturated carbocycles. The Morgan fingerprint density at radius 2 is 2.26 bits per heavy atom. The molecule has 0 atom stereocenters. The van der Waals surface area contributed by atoms with E-state index >= 15 is 0 Å². The molecule has 0 bridgehead atoms. The molecule has 0 saturated heterocycles. The smallest absolute Gasteiger partial charge is 0.165 e. The van der Waals surface area contributed by atoms with Crippen LogP contribution in [0.2, 0.25) is 5.02 Å². The Balaban J connectivity index is 2.18. The SMILES string of the molecule is CC(C)n1ncnc1COc1cccc(Cl)c1C#N. The minimum Gasteiger partial charge on any atom is -0.484 e. The second-order valence-electron chi connectivity index (χ2n) is 4.23. The molecule has 1 heterocycles. The maximum absolute atomic E-state index is 9.05. The van der Waals surface area contributed by atoms with Gasteiger partial charge in [-0.2, -0.15) is 10.4 Å². The molecule has 0 radical (unpaired) electrons. The lowest BCUT2D eigenvalue weighted by Gasteiger charge is -2.11. The van der Waals surface area contributed by atoms with Crippen LogP contribution in [-0.4, -0.2) is 14.8 Å². The summed E-state index contributed by atoms with van der Waals surface area (Å²) in [6.07, 6.45) is 1.49. The van der Waals surface area contributed by atoms with Gasteiger partial charge >= 0.3 is 0 Å². The van der Waals surface area contributed by atoms with Crippen molar-refractivity contribution in [3.05, 3.63) is 40.9 Å². The first-order chi connectivity index (χ1) is 9.13. The number of aromatic nitrogens is 3. The first-order valence-corrected chi connectivity index (χ1v) is 6.21. The summed E-state index contributed by atoms with van der Waals surface area (Å²) in [5.74, 6) is 1.16. The van der Waals surface area contributed by atoms with Crippen molar-refractivity contribution in [2.24, 2.45) is 0 Å². The molecule has 0 unspecified atom stereocenters. The molecule has 0 spiro atoms. The van der Waals surface area contributed by atoms with Gasteiger partial charge in [0.2, 0.25) is 0 Å². The lowest BCUT2D eigenvalue weighted by atomic mass is 10.2. The van der Waals surface area contributed by atoms with E-state index in [1.807, 2.05) is 19.9 Å². The Bertz CT molecular complexity index is 615. The predicted octanol–water partition coefficient (Wildman–Crippen LogP) is 2.96. The van der Waals surface area contributed by atoms with Gasteiger partial charge in [-0.25, -0.2) is 9.67 Å². The van der Waals surface area contributed by atoms with Crippen molar-refractivity contribution in [2.45, 2.75) is 26.5 Å². The quantitative estimate of drug-likeness (QED) is 0.861. The lowest BCUT2D eigenvalue weighted by Crippen LogP contribution is -2.11. The summed E-state index contributed by atoms with van der Waals surface area (Å²) in [5.41, 5.74) is 0.333. The van der Waals surface area contributed by atoms with E-state index in [4.69, 9.17) is 21.6 Å². The standard InChI is InChI=1S/C13H13ClN4O/c1-9(2)18-13(16-8-17-18)7-19-12-5-3-4-11(14)10(12)6-15/h3-5,8-9H,7H2,1-2H3. The van der Waals surface area contributed by atoms with Crippen LogP contribution in [0.5, 0.6) is 5.75 Å². The summed E-state index contributed by atoms with van der Waals surface area (Å²) in [6, 6.07) is 7.34. The minimum absolute atomic E-state index is 0.205. The number of nitrogens with zero attached hydrogens (tertiary/aromatic N) is 4. The van der Waals surface area contributed by atoms with Crippen molar-refractivity contribution >= 4 is 11.6 Å². The number of ether oxygens (including phenoxy) is 1. The van der Waals surface area contributed by atoms with Crippen molar-refractivity contribution in [2.75, 3.05) is 0 Å². The van der Waals surface area contributed by atoms with E-state index < -0.39 is 0 Å². The van der Waals surface area contributed by atoms with Crippen LogP contribution in [-0.2, 0) is 6.61 Å². The van der Waals surface area contributed by atoms with Gasteiger partial charge in [-0.1, -0.05) is 17.7 Å². The zero-order valence-electron chi connectivity index (χ0n) is 10.7. The van der Waals surface area contributed by atoms with Crippen LogP contribution in [0.15, 0.2) is 24.5 Å². The van der Waals surface area contributed by atoms with Gasteiger partial charge in [-0.05, 0) is 26.0 Å². The Kier molecular flexibility index (Phi) is 4.03. The van der Waals surface area contributed by atoms with Gasteiger partial charge in [-0.3, -0.25) is 0 Å². The van der Waals surface area contributed by atoms with Gasteiger partial charge in [0.05, 0.1) is 5.02 Å². The second-order valence-corrected chi connectivity index (χ2v) is 4.64. The Labute approximate surface area is 116 Å². The van der Waals surface area contributed by atoms with E-state index in [1.165, 1.54) is 6.33 Å². The molecule has 98 valence electrons. The average Bonchev–Trinajstić information content (AvgIpc) is 2.84. The Morgan fingerprint density at radius 1 is 1.47 bits per heavy atom. The molecule has 1 aromatic carbocycles. The fraction of sp³-hybridized carbons (Fsp3) is 0.308. The van der Waals surface area contributed by atoms with E-state index in [0.717, 1.165) is 0 Å². The third-order valence-corrected chi connectivity index (χ3v) is 2.90. The maximum Gasteiger partial charge on any atom is 0.165 e. The van der Waals surface area contributed by atoms with Gasteiger partial charge < -0.3 is 4.74 Å². The highest BCUT2D eigenvalue weighted by Crippen LogP contribution is 2.26. The second kappa shape index (κ2) is 5.72. The minimum atomic E-state index is 0.205. The van der Waals surface area contributed by atoms with Gasteiger partial charge in [0.25, 0.3) is 0 Å². The van der Waals surface area contributed by atoms with Crippen LogP contribution >= 0.6 is 11.6 Å². The fourth-order valence-electron chi connectivity index (χ4n) is 1.68. The van der Waals surface area contributed by atoms with Gasteiger partial charge in [0.1, 0.15) is 30.3 Å². The Morgan fingerprint density at radius 3 is 2.95 bits per heavy atom. The molecule has 0 N–H and O–H groups in total. The molecule has 0 aliphatic carbocycles. The van der Waals surface area contributed by atoms with E-state index in [2.05, 4.69) is 10.1 Å². The number of halogens is 1. The van der Waals surface area contributed by atoms with Crippen molar-refractivity contribution in [1.29, 1.82) is 5.26 Å². The van der Waals surface area contributed by atoms with Crippen LogP contribution in [0, 0.1) is 11.3 Å². The van der Waals surface area contributed by atoms with E-state index in [-0.39, 0.29) is 12.6 Å². The van der Waals surface area contributed by atoms with Crippen molar-refractivity contribution in [1.82, 2.24) is 14.8 Å². The van der Waals surface area contributed by atoms with Crippen LogP contribution in [0.4, 0.5) is 0 Å². The van der Waals surface area contributed by atoms with Gasteiger partial charge in [0.15, 0.2) is 5.82 Å². The number of rotatable bonds is 4. The molecule has 1 aromatic heterocycles. The summed E-state index contributed by atoms with van der Waals surface area (Å²) < 4.78 is 7.39. The van der Waals surface area contributed by atoms with E-state index in [1.54, 1.807) is 22.9 Å². The maximum atomic E-state index is 9.05. The molecule has 5 nitrogen and oxygen atoms in total.